The van der Waals surface area contributed by atoms with Gasteiger partial charge in [0.2, 0.25) is 18.3 Å². The van der Waals surface area contributed by atoms with Gasteiger partial charge in [0.05, 0.1) is 27.9 Å². The van der Waals surface area contributed by atoms with Crippen molar-refractivity contribution < 1.29 is 38.3 Å². The maximum atomic E-state index is 12.1. The minimum atomic E-state index is -0.435. The number of carbonyl (C=O) groups excluding carboxylic acids is 1. The molecule has 0 aliphatic carbocycles. The molecule has 8 nitrogen and oxygen atoms in total. The van der Waals surface area contributed by atoms with Crippen molar-refractivity contribution in [2.45, 2.75) is 5.92 Å². The van der Waals surface area contributed by atoms with E-state index in [0.29, 0.717) is 22.8 Å². The number of ether oxygens (including phenoxy) is 6. The zero-order valence-electron chi connectivity index (χ0n) is 16.9. The van der Waals surface area contributed by atoms with Crippen molar-refractivity contribution in [2.24, 2.45) is 5.92 Å². The highest BCUT2D eigenvalue weighted by Crippen LogP contribution is 2.49. The molecule has 1 saturated heterocycles. The molecule has 0 saturated carbocycles. The number of aromatic hydroxyl groups is 1. The Morgan fingerprint density at radius 3 is 2.13 bits per heavy atom. The molecule has 8 heteroatoms. The molecule has 0 spiro atoms. The van der Waals surface area contributed by atoms with Gasteiger partial charge in [-0.25, -0.2) is 4.79 Å². The highest BCUT2D eigenvalue weighted by atomic mass is 16.7. The van der Waals surface area contributed by atoms with Crippen LogP contribution in [0.3, 0.4) is 0 Å². The monoisotopic (exact) mass is 414 g/mol. The maximum Gasteiger partial charge on any atom is 0.333 e. The summed E-state index contributed by atoms with van der Waals surface area (Å²) < 4.78 is 32.5. The van der Waals surface area contributed by atoms with Crippen LogP contribution in [0.25, 0.3) is 0 Å². The van der Waals surface area contributed by atoms with Crippen LogP contribution in [0.2, 0.25) is 0 Å². The van der Waals surface area contributed by atoms with Crippen LogP contribution in [-0.4, -0.2) is 45.8 Å². The summed E-state index contributed by atoms with van der Waals surface area (Å²) in [5.41, 5.74) is 1.91. The molecule has 2 aromatic rings. The first-order valence-corrected chi connectivity index (χ1v) is 9.26. The van der Waals surface area contributed by atoms with Crippen LogP contribution in [0.15, 0.2) is 36.4 Å². The smallest absolute Gasteiger partial charge is 0.333 e. The van der Waals surface area contributed by atoms with Crippen molar-refractivity contribution in [3.8, 4) is 34.5 Å². The van der Waals surface area contributed by atoms with Crippen LogP contribution in [0.4, 0.5) is 0 Å². The lowest BCUT2D eigenvalue weighted by molar-refractivity contribution is -0.135. The molecule has 2 aromatic carbocycles. The van der Waals surface area contributed by atoms with E-state index >= 15 is 0 Å². The van der Waals surface area contributed by atoms with Crippen molar-refractivity contribution >= 4 is 5.97 Å². The molecule has 0 amide bonds. The number of esters is 1. The van der Waals surface area contributed by atoms with Crippen LogP contribution in [-0.2, 0) is 9.53 Å². The van der Waals surface area contributed by atoms with Gasteiger partial charge in [-0.05, 0) is 35.4 Å². The number of cyclic esters (lactones) is 1. The second-order valence-electron chi connectivity index (χ2n) is 6.94. The van der Waals surface area contributed by atoms with Gasteiger partial charge < -0.3 is 33.5 Å². The third kappa shape index (κ3) is 3.14. The first-order chi connectivity index (χ1) is 14.5. The SMILES string of the molecule is C=C1C(=O)OCC1C(c1cc(OC)c(O)c(OC)c1)c1cc(OC)c2c(c1)OCO2. The summed E-state index contributed by atoms with van der Waals surface area (Å²) in [6.45, 7) is 4.20. The van der Waals surface area contributed by atoms with Gasteiger partial charge in [0, 0.05) is 17.4 Å². The van der Waals surface area contributed by atoms with Gasteiger partial charge in [-0.1, -0.05) is 6.58 Å². The molecule has 2 aliphatic heterocycles. The summed E-state index contributed by atoms with van der Waals surface area (Å²) in [5.74, 6) is 0.812. The van der Waals surface area contributed by atoms with E-state index in [2.05, 4.69) is 6.58 Å². The molecule has 30 heavy (non-hydrogen) atoms. The molecular weight excluding hydrogens is 392 g/mol. The van der Waals surface area contributed by atoms with Gasteiger partial charge in [-0.2, -0.15) is 0 Å². The predicted molar refractivity (Wildman–Crippen MR) is 106 cm³/mol. The number of hydrogen-bond donors (Lipinski definition) is 1. The van der Waals surface area contributed by atoms with Gasteiger partial charge in [-0.3, -0.25) is 0 Å². The number of phenols is 1. The molecule has 0 radical (unpaired) electrons. The van der Waals surface area contributed by atoms with Gasteiger partial charge in [0.25, 0.3) is 0 Å². The van der Waals surface area contributed by atoms with E-state index < -0.39 is 5.97 Å². The fourth-order valence-electron chi connectivity index (χ4n) is 3.89. The number of methoxy groups -OCH3 is 3. The molecule has 2 unspecified atom stereocenters. The number of carbonyl (C=O) groups is 1. The standard InChI is InChI=1S/C22H22O8/c1-11-14(9-28-22(11)24)19(12-5-15(25-2)20(23)16(6-12)26-3)13-7-17(27-4)21-18(8-13)29-10-30-21/h5-8,14,19,23H,1,9-10H2,2-4H3. The number of benzene rings is 2. The number of hydrogen-bond acceptors (Lipinski definition) is 8. The molecule has 0 aromatic heterocycles. The first kappa shape index (κ1) is 19.8. The molecule has 2 aliphatic rings. The predicted octanol–water partition coefficient (Wildman–Crippen LogP) is 3.01. The molecule has 2 atom stereocenters. The first-order valence-electron chi connectivity index (χ1n) is 9.26. The van der Waals surface area contributed by atoms with Gasteiger partial charge in [0.15, 0.2) is 23.0 Å². The second kappa shape index (κ2) is 7.70. The Morgan fingerprint density at radius 2 is 1.57 bits per heavy atom. The van der Waals surface area contributed by atoms with E-state index in [1.807, 2.05) is 12.1 Å². The lowest BCUT2D eigenvalue weighted by Crippen LogP contribution is -2.17. The summed E-state index contributed by atoms with van der Waals surface area (Å²) in [6, 6.07) is 7.09. The van der Waals surface area contributed by atoms with E-state index in [4.69, 9.17) is 28.4 Å². The molecule has 158 valence electrons. The van der Waals surface area contributed by atoms with Crippen LogP contribution < -0.4 is 23.7 Å². The Morgan fingerprint density at radius 1 is 0.967 bits per heavy atom. The van der Waals surface area contributed by atoms with E-state index in [-0.39, 0.29) is 42.5 Å². The van der Waals surface area contributed by atoms with Crippen LogP contribution >= 0.6 is 0 Å². The molecule has 1 N–H and O–H groups in total. The van der Waals surface area contributed by atoms with Crippen LogP contribution in [0.5, 0.6) is 34.5 Å². The van der Waals surface area contributed by atoms with E-state index in [9.17, 15) is 9.90 Å². The van der Waals surface area contributed by atoms with Gasteiger partial charge in [-0.15, -0.1) is 0 Å². The third-order valence-electron chi connectivity index (χ3n) is 5.41. The maximum absolute atomic E-state index is 12.1. The molecular formula is C22H22O8. The molecule has 1 fully saturated rings. The number of rotatable bonds is 6. The summed E-state index contributed by atoms with van der Waals surface area (Å²) in [7, 11) is 4.46. The Kier molecular flexibility index (Phi) is 5.07. The van der Waals surface area contributed by atoms with Crippen molar-refractivity contribution in [3.05, 3.63) is 47.5 Å². The largest absolute Gasteiger partial charge is 0.502 e. The number of phenolic OH excluding ortho intramolecular Hbond substituents is 1. The lowest BCUT2D eigenvalue weighted by atomic mass is 9.78. The quantitative estimate of drug-likeness (QED) is 0.570. The normalized spacial score (nSPS) is 18.2. The highest BCUT2D eigenvalue weighted by molar-refractivity contribution is 5.90. The van der Waals surface area contributed by atoms with Crippen molar-refractivity contribution in [2.75, 3.05) is 34.7 Å². The fourth-order valence-corrected chi connectivity index (χ4v) is 3.89. The molecule has 0 bridgehead atoms. The highest BCUT2D eigenvalue weighted by Gasteiger charge is 2.38. The topological polar surface area (TPSA) is 92.7 Å². The average molecular weight is 414 g/mol. The summed E-state index contributed by atoms with van der Waals surface area (Å²) in [4.78, 5) is 12.1. The van der Waals surface area contributed by atoms with E-state index in [1.54, 1.807) is 19.2 Å². The Balaban J connectivity index is 1.91. The molecule has 2 heterocycles. The summed E-state index contributed by atoms with van der Waals surface area (Å²) >= 11 is 0. The summed E-state index contributed by atoms with van der Waals surface area (Å²) in [5, 5.41) is 10.3. The second-order valence-corrected chi connectivity index (χ2v) is 6.94. The zero-order chi connectivity index (χ0) is 21.4. The minimum absolute atomic E-state index is 0.0956. The molecule has 4 rings (SSSR count). The van der Waals surface area contributed by atoms with E-state index in [0.717, 1.165) is 11.1 Å². The Labute approximate surface area is 173 Å². The van der Waals surface area contributed by atoms with Gasteiger partial charge in [0.1, 0.15) is 0 Å². The average Bonchev–Trinajstić information content (AvgIpc) is 3.36. The lowest BCUT2D eigenvalue weighted by Gasteiger charge is -2.25. The number of fused-ring (bicyclic) bond motifs is 1. The summed E-state index contributed by atoms with van der Waals surface area (Å²) in [6.07, 6.45) is 0. The Hall–Kier alpha value is -3.55. The van der Waals surface area contributed by atoms with E-state index in [1.165, 1.54) is 14.2 Å². The van der Waals surface area contributed by atoms with Crippen LogP contribution in [0.1, 0.15) is 17.0 Å². The van der Waals surface area contributed by atoms with Gasteiger partial charge >= 0.3 is 5.97 Å². The van der Waals surface area contributed by atoms with Crippen LogP contribution in [0, 0.1) is 5.92 Å². The van der Waals surface area contributed by atoms with Crippen molar-refractivity contribution in [3.63, 3.8) is 0 Å². The van der Waals surface area contributed by atoms with Crippen molar-refractivity contribution in [1.82, 2.24) is 0 Å². The van der Waals surface area contributed by atoms with Crippen molar-refractivity contribution in [1.29, 1.82) is 0 Å². The zero-order valence-corrected chi connectivity index (χ0v) is 16.9. The fraction of sp³-hybridized carbons (Fsp3) is 0.318. The third-order valence-corrected chi connectivity index (χ3v) is 5.41. The minimum Gasteiger partial charge on any atom is -0.502 e. The Bertz CT molecular complexity index is 973.